The summed E-state index contributed by atoms with van der Waals surface area (Å²) in [5, 5.41) is 2.57. The molecule has 0 aliphatic heterocycles. The summed E-state index contributed by atoms with van der Waals surface area (Å²) in [4.78, 5) is 25.2. The van der Waals surface area contributed by atoms with E-state index < -0.39 is 12.0 Å². The first-order valence-corrected chi connectivity index (χ1v) is 5.82. The SMILES string of the molecule is COC(=O)C(C)NC(=O)c1cc(N)ccc1N(C)C. The first-order chi connectivity index (χ1) is 8.86. The highest BCUT2D eigenvalue weighted by Gasteiger charge is 2.19. The van der Waals surface area contributed by atoms with Crippen molar-refractivity contribution in [1.82, 2.24) is 5.32 Å². The molecule has 1 amide bonds. The highest BCUT2D eigenvalue weighted by atomic mass is 16.5. The lowest BCUT2D eigenvalue weighted by Crippen LogP contribution is -2.39. The zero-order valence-corrected chi connectivity index (χ0v) is 11.6. The third kappa shape index (κ3) is 3.61. The summed E-state index contributed by atoms with van der Waals surface area (Å²) in [6.07, 6.45) is 0. The molecule has 1 rings (SSSR count). The van der Waals surface area contributed by atoms with E-state index in [0.29, 0.717) is 11.3 Å². The largest absolute Gasteiger partial charge is 0.467 e. The summed E-state index contributed by atoms with van der Waals surface area (Å²) in [6, 6.07) is 4.34. The van der Waals surface area contributed by atoms with Crippen LogP contribution in [0.2, 0.25) is 0 Å². The molecule has 6 nitrogen and oxygen atoms in total. The topological polar surface area (TPSA) is 84.7 Å². The van der Waals surface area contributed by atoms with Crippen molar-refractivity contribution in [3.05, 3.63) is 23.8 Å². The molecular formula is C13H19N3O3. The van der Waals surface area contributed by atoms with E-state index in [1.54, 1.807) is 30.0 Å². The lowest BCUT2D eigenvalue weighted by molar-refractivity contribution is -0.142. The van der Waals surface area contributed by atoms with Gasteiger partial charge in [-0.25, -0.2) is 4.79 Å². The normalized spacial score (nSPS) is 11.6. The Bertz CT molecular complexity index is 486. The molecule has 0 heterocycles. The van der Waals surface area contributed by atoms with Crippen LogP contribution in [0.3, 0.4) is 0 Å². The minimum absolute atomic E-state index is 0.367. The van der Waals surface area contributed by atoms with Crippen molar-refractivity contribution in [2.75, 3.05) is 31.8 Å². The average Bonchev–Trinajstić information content (AvgIpc) is 2.36. The van der Waals surface area contributed by atoms with E-state index >= 15 is 0 Å². The summed E-state index contributed by atoms with van der Waals surface area (Å²) in [6.45, 7) is 1.56. The van der Waals surface area contributed by atoms with Crippen LogP contribution in [0.5, 0.6) is 0 Å². The van der Waals surface area contributed by atoms with Crippen molar-refractivity contribution in [2.45, 2.75) is 13.0 Å². The molecule has 0 saturated carbocycles. The molecule has 0 spiro atoms. The number of hydrogen-bond acceptors (Lipinski definition) is 5. The van der Waals surface area contributed by atoms with Gasteiger partial charge in [-0.15, -0.1) is 0 Å². The van der Waals surface area contributed by atoms with E-state index in [2.05, 4.69) is 10.1 Å². The van der Waals surface area contributed by atoms with Crippen LogP contribution in [-0.4, -0.2) is 39.1 Å². The Labute approximate surface area is 112 Å². The van der Waals surface area contributed by atoms with Gasteiger partial charge in [-0.2, -0.15) is 0 Å². The summed E-state index contributed by atoms with van der Waals surface area (Å²) in [7, 11) is 4.93. The second-order valence-corrected chi connectivity index (χ2v) is 4.39. The second-order valence-electron chi connectivity index (χ2n) is 4.39. The number of benzene rings is 1. The fraction of sp³-hybridized carbons (Fsp3) is 0.385. The van der Waals surface area contributed by atoms with Crippen molar-refractivity contribution < 1.29 is 14.3 Å². The molecule has 0 aliphatic rings. The standard InChI is InChI=1S/C13H19N3O3/c1-8(13(18)19-4)15-12(17)10-7-9(14)5-6-11(10)16(2)3/h5-8H,14H2,1-4H3,(H,15,17). The Morgan fingerprint density at radius 2 is 2.00 bits per heavy atom. The van der Waals surface area contributed by atoms with Crippen LogP contribution in [0.4, 0.5) is 11.4 Å². The van der Waals surface area contributed by atoms with E-state index in [-0.39, 0.29) is 5.91 Å². The number of esters is 1. The van der Waals surface area contributed by atoms with Crippen LogP contribution in [0.1, 0.15) is 17.3 Å². The molecule has 0 fully saturated rings. The number of ether oxygens (including phenoxy) is 1. The Kier molecular flexibility index (Phi) is 4.74. The Balaban J connectivity index is 2.99. The molecule has 0 aliphatic carbocycles. The van der Waals surface area contributed by atoms with E-state index in [1.165, 1.54) is 7.11 Å². The number of nitrogens with two attached hydrogens (primary N) is 1. The molecule has 1 aromatic rings. The van der Waals surface area contributed by atoms with E-state index in [4.69, 9.17) is 5.73 Å². The number of carbonyl (C=O) groups excluding carboxylic acids is 2. The zero-order chi connectivity index (χ0) is 14.6. The van der Waals surface area contributed by atoms with Gasteiger partial charge in [0.1, 0.15) is 6.04 Å². The number of hydrogen-bond donors (Lipinski definition) is 2. The van der Waals surface area contributed by atoms with Gasteiger partial charge in [-0.3, -0.25) is 4.79 Å². The third-order valence-electron chi connectivity index (χ3n) is 2.65. The molecule has 19 heavy (non-hydrogen) atoms. The fourth-order valence-corrected chi connectivity index (χ4v) is 1.64. The van der Waals surface area contributed by atoms with E-state index in [9.17, 15) is 9.59 Å². The van der Waals surface area contributed by atoms with Gasteiger partial charge in [0.2, 0.25) is 0 Å². The second kappa shape index (κ2) is 6.08. The number of amides is 1. The first kappa shape index (κ1) is 14.8. The molecule has 0 aromatic heterocycles. The summed E-state index contributed by atoms with van der Waals surface area (Å²) < 4.78 is 4.56. The summed E-state index contributed by atoms with van der Waals surface area (Å²) in [5.74, 6) is -0.863. The van der Waals surface area contributed by atoms with Crippen LogP contribution in [0, 0.1) is 0 Å². The van der Waals surface area contributed by atoms with Gasteiger partial charge in [0.05, 0.1) is 12.7 Å². The summed E-state index contributed by atoms with van der Waals surface area (Å²) in [5.41, 5.74) is 7.32. The number of anilines is 2. The number of nitrogen functional groups attached to an aromatic ring is 1. The number of nitrogens with one attached hydrogen (secondary N) is 1. The van der Waals surface area contributed by atoms with Crippen molar-refractivity contribution in [3.63, 3.8) is 0 Å². The monoisotopic (exact) mass is 265 g/mol. The van der Waals surface area contributed by atoms with Gasteiger partial charge in [0.15, 0.2) is 0 Å². The number of methoxy groups -OCH3 is 1. The molecule has 1 atom stereocenters. The molecule has 104 valence electrons. The van der Waals surface area contributed by atoms with Gasteiger partial charge in [-0.1, -0.05) is 0 Å². The lowest BCUT2D eigenvalue weighted by Gasteiger charge is -2.19. The highest BCUT2D eigenvalue weighted by molar-refractivity contribution is 6.02. The molecular weight excluding hydrogens is 246 g/mol. The minimum Gasteiger partial charge on any atom is -0.467 e. The Morgan fingerprint density at radius 3 is 2.53 bits per heavy atom. The van der Waals surface area contributed by atoms with Gasteiger partial charge in [0, 0.05) is 25.5 Å². The molecule has 0 bridgehead atoms. The van der Waals surface area contributed by atoms with Gasteiger partial charge < -0.3 is 20.7 Å². The summed E-state index contributed by atoms with van der Waals surface area (Å²) >= 11 is 0. The van der Waals surface area contributed by atoms with Crippen LogP contribution in [0.15, 0.2) is 18.2 Å². The van der Waals surface area contributed by atoms with E-state index in [0.717, 1.165) is 5.69 Å². The molecule has 1 aromatic carbocycles. The van der Waals surface area contributed by atoms with Crippen molar-refractivity contribution in [2.24, 2.45) is 0 Å². The minimum atomic E-state index is -0.714. The van der Waals surface area contributed by atoms with Gasteiger partial charge >= 0.3 is 5.97 Å². The van der Waals surface area contributed by atoms with Crippen LogP contribution < -0.4 is 16.0 Å². The average molecular weight is 265 g/mol. The highest BCUT2D eigenvalue weighted by Crippen LogP contribution is 2.21. The number of nitrogens with zero attached hydrogens (tertiary/aromatic N) is 1. The molecule has 1 unspecified atom stereocenters. The number of carbonyl (C=O) groups is 2. The predicted molar refractivity (Wildman–Crippen MR) is 74.1 cm³/mol. The van der Waals surface area contributed by atoms with E-state index in [1.807, 2.05) is 14.1 Å². The van der Waals surface area contributed by atoms with Crippen LogP contribution in [-0.2, 0) is 9.53 Å². The van der Waals surface area contributed by atoms with Crippen molar-refractivity contribution in [3.8, 4) is 0 Å². The van der Waals surface area contributed by atoms with Crippen LogP contribution in [0.25, 0.3) is 0 Å². The number of rotatable bonds is 4. The maximum atomic E-state index is 12.2. The smallest absolute Gasteiger partial charge is 0.328 e. The maximum absolute atomic E-state index is 12.2. The van der Waals surface area contributed by atoms with Gasteiger partial charge in [-0.05, 0) is 25.1 Å². The lowest BCUT2D eigenvalue weighted by atomic mass is 10.1. The Hall–Kier alpha value is -2.24. The first-order valence-electron chi connectivity index (χ1n) is 5.82. The van der Waals surface area contributed by atoms with Crippen molar-refractivity contribution >= 4 is 23.3 Å². The fourth-order valence-electron chi connectivity index (χ4n) is 1.64. The van der Waals surface area contributed by atoms with Crippen LogP contribution >= 0.6 is 0 Å². The maximum Gasteiger partial charge on any atom is 0.328 e. The quantitative estimate of drug-likeness (QED) is 0.616. The molecule has 3 N–H and O–H groups in total. The third-order valence-corrected chi connectivity index (χ3v) is 2.65. The molecule has 6 heteroatoms. The Morgan fingerprint density at radius 1 is 1.37 bits per heavy atom. The van der Waals surface area contributed by atoms with Crippen molar-refractivity contribution in [1.29, 1.82) is 0 Å². The molecule has 0 radical (unpaired) electrons. The predicted octanol–water partition coefficient (Wildman–Crippen LogP) is 0.626. The molecule has 0 saturated heterocycles. The zero-order valence-electron chi connectivity index (χ0n) is 11.6. The van der Waals surface area contributed by atoms with Gasteiger partial charge in [0.25, 0.3) is 5.91 Å².